The fourth-order valence-electron chi connectivity index (χ4n) is 2.65. The summed E-state index contributed by atoms with van der Waals surface area (Å²) in [5.74, 6) is -0.155. The molecule has 4 aromatic rings. The summed E-state index contributed by atoms with van der Waals surface area (Å²) in [6.45, 7) is 17.4. The van der Waals surface area contributed by atoms with Crippen LogP contribution in [-0.2, 0) is 0 Å². The van der Waals surface area contributed by atoms with Crippen molar-refractivity contribution in [2.45, 2.75) is 68.6 Å². The van der Waals surface area contributed by atoms with Crippen molar-refractivity contribution >= 4 is 0 Å². The lowest BCUT2D eigenvalue weighted by Crippen LogP contribution is -2.03. The Hall–Kier alpha value is -3.28. The summed E-state index contributed by atoms with van der Waals surface area (Å²) >= 11 is 0. The third-order valence-corrected chi connectivity index (χ3v) is 5.60. The van der Waals surface area contributed by atoms with Crippen LogP contribution in [0.25, 0.3) is 0 Å². The van der Waals surface area contributed by atoms with Gasteiger partial charge in [-0.15, -0.1) is 0 Å². The number of aromatic nitrogens is 4. The van der Waals surface area contributed by atoms with Crippen molar-refractivity contribution in [2.24, 2.45) is 0 Å². The molecule has 34 heavy (non-hydrogen) atoms. The molecule has 0 radical (unpaired) electrons. The minimum absolute atomic E-state index is 0.155. The van der Waals surface area contributed by atoms with Gasteiger partial charge in [0, 0.05) is 11.4 Å². The number of H-pyrrole nitrogens is 1. The highest BCUT2D eigenvalue weighted by Gasteiger charge is 2.06. The Kier molecular flexibility index (Phi) is 11.9. The van der Waals surface area contributed by atoms with Gasteiger partial charge in [0.05, 0.1) is 12.4 Å². The van der Waals surface area contributed by atoms with E-state index >= 15 is 0 Å². The van der Waals surface area contributed by atoms with Gasteiger partial charge < -0.3 is 0 Å². The maximum atomic E-state index is 12.6. The van der Waals surface area contributed by atoms with Crippen molar-refractivity contribution in [3.8, 4) is 0 Å². The lowest BCUT2D eigenvalue weighted by atomic mass is 10.1. The zero-order valence-electron chi connectivity index (χ0n) is 21.9. The molecule has 0 aliphatic rings. The first kappa shape index (κ1) is 28.8. The van der Waals surface area contributed by atoms with E-state index in [1.807, 2.05) is 47.7 Å². The molecule has 1 atom stereocenters. The minimum atomic E-state index is -1.02. The molecule has 0 aliphatic heterocycles. The number of nitrogens with one attached hydrogen (secondary N) is 1. The van der Waals surface area contributed by atoms with Crippen LogP contribution in [0.1, 0.15) is 58.0 Å². The lowest BCUT2D eigenvalue weighted by molar-refractivity contribution is 0.241. The number of nitrogens with zero attached hydrogens (tertiary/aromatic N) is 3. The summed E-state index contributed by atoms with van der Waals surface area (Å²) in [6, 6.07) is 13.2. The highest BCUT2D eigenvalue weighted by Crippen LogP contribution is 2.12. The first-order chi connectivity index (χ1) is 15.9. The van der Waals surface area contributed by atoms with Crippen LogP contribution in [0.15, 0.2) is 54.9 Å². The highest BCUT2D eigenvalue weighted by molar-refractivity contribution is 5.24. The second-order valence-electron chi connectivity index (χ2n) is 8.42. The van der Waals surface area contributed by atoms with Crippen LogP contribution in [0.4, 0.5) is 8.78 Å². The van der Waals surface area contributed by atoms with E-state index in [9.17, 15) is 8.78 Å². The van der Waals surface area contributed by atoms with Gasteiger partial charge in [-0.3, -0.25) is 5.10 Å². The number of aryl methyl sites for hydroxylation is 7. The highest BCUT2D eigenvalue weighted by atomic mass is 19.1. The molecule has 1 N–H and O–H groups in total. The van der Waals surface area contributed by atoms with E-state index < -0.39 is 6.30 Å². The van der Waals surface area contributed by atoms with Gasteiger partial charge in [-0.05, 0) is 108 Å². The van der Waals surface area contributed by atoms with Gasteiger partial charge in [0.2, 0.25) is 0 Å². The standard InChI is InChI=1S/C8H9F.C8H10.C7H11FN2.C5H8N2/c1-6-3-4-8(9)5-7(6)2;1-7-5-3-4-6-8(7)2;1-5-4-9-10(6(5)2)7(3)8;1-4-3-6-7-5(4)2/h3-5H,1-2H3;3-6H,1-2H3;4,7H,1-3H3;3H,1-2H3,(H,6,7). The molecule has 0 saturated heterocycles. The fourth-order valence-corrected chi connectivity index (χ4v) is 2.65. The molecular formula is C28H38F2N4. The van der Waals surface area contributed by atoms with Gasteiger partial charge in [0.1, 0.15) is 5.82 Å². The average molecular weight is 469 g/mol. The van der Waals surface area contributed by atoms with E-state index in [1.54, 1.807) is 12.3 Å². The monoisotopic (exact) mass is 468 g/mol. The lowest BCUT2D eigenvalue weighted by Gasteiger charge is -2.03. The van der Waals surface area contributed by atoms with E-state index in [2.05, 4.69) is 53.4 Å². The molecule has 0 aliphatic carbocycles. The first-order valence-corrected chi connectivity index (χ1v) is 11.3. The SMILES string of the molecule is Cc1ccc(F)cc1C.Cc1ccccc1C.Cc1cn[nH]c1C.Cc1cnn(C(C)F)c1C. The number of hydrogen-bond acceptors (Lipinski definition) is 2. The number of halogens is 2. The van der Waals surface area contributed by atoms with Gasteiger partial charge in [-0.1, -0.05) is 30.3 Å². The van der Waals surface area contributed by atoms with E-state index in [0.717, 1.165) is 28.1 Å². The van der Waals surface area contributed by atoms with Gasteiger partial charge >= 0.3 is 0 Å². The summed E-state index contributed by atoms with van der Waals surface area (Å²) in [6.07, 6.45) is 2.47. The Balaban J connectivity index is 0.000000228. The Morgan fingerprint density at radius 3 is 1.56 bits per heavy atom. The molecule has 0 fully saturated rings. The van der Waals surface area contributed by atoms with Crippen LogP contribution in [-0.4, -0.2) is 20.0 Å². The van der Waals surface area contributed by atoms with Crippen LogP contribution in [0.5, 0.6) is 0 Å². The van der Waals surface area contributed by atoms with Gasteiger partial charge in [0.25, 0.3) is 0 Å². The van der Waals surface area contributed by atoms with E-state index in [-0.39, 0.29) is 5.82 Å². The van der Waals surface area contributed by atoms with Crippen LogP contribution in [0.2, 0.25) is 0 Å². The Labute approximate surface area is 203 Å². The summed E-state index contributed by atoms with van der Waals surface area (Å²) < 4.78 is 26.3. The van der Waals surface area contributed by atoms with Gasteiger partial charge in [-0.25, -0.2) is 13.5 Å². The quantitative estimate of drug-likeness (QED) is 0.310. The summed E-state index contributed by atoms with van der Waals surface area (Å²) in [5.41, 5.74) is 9.19. The Morgan fingerprint density at radius 1 is 0.735 bits per heavy atom. The maximum Gasteiger partial charge on any atom is 0.189 e. The zero-order chi connectivity index (χ0) is 25.8. The number of rotatable bonds is 1. The largest absolute Gasteiger partial charge is 0.283 e. The molecule has 0 amide bonds. The number of alkyl halides is 1. The van der Waals surface area contributed by atoms with Crippen LogP contribution >= 0.6 is 0 Å². The fraction of sp³-hybridized carbons (Fsp3) is 0.357. The third-order valence-electron chi connectivity index (χ3n) is 5.60. The maximum absolute atomic E-state index is 12.6. The van der Waals surface area contributed by atoms with Gasteiger partial charge in [0.15, 0.2) is 6.30 Å². The molecule has 0 spiro atoms. The predicted octanol–water partition coefficient (Wildman–Crippen LogP) is 7.76. The number of benzene rings is 2. The second kappa shape index (κ2) is 14.1. The van der Waals surface area contributed by atoms with E-state index in [1.165, 1.54) is 40.4 Å². The van der Waals surface area contributed by atoms with Crippen molar-refractivity contribution in [3.63, 3.8) is 0 Å². The van der Waals surface area contributed by atoms with Crippen LogP contribution in [0.3, 0.4) is 0 Å². The molecule has 184 valence electrons. The Morgan fingerprint density at radius 2 is 1.29 bits per heavy atom. The van der Waals surface area contributed by atoms with Crippen molar-refractivity contribution in [2.75, 3.05) is 0 Å². The number of aromatic amines is 1. The van der Waals surface area contributed by atoms with Crippen molar-refractivity contribution in [1.82, 2.24) is 20.0 Å². The van der Waals surface area contributed by atoms with Crippen LogP contribution < -0.4 is 0 Å². The number of hydrogen-bond donors (Lipinski definition) is 1. The smallest absolute Gasteiger partial charge is 0.189 e. The molecule has 2 aromatic heterocycles. The minimum Gasteiger partial charge on any atom is -0.283 e. The topological polar surface area (TPSA) is 46.5 Å². The van der Waals surface area contributed by atoms with E-state index in [4.69, 9.17) is 0 Å². The molecule has 1 unspecified atom stereocenters. The Bertz CT molecular complexity index is 1110. The molecule has 4 rings (SSSR count). The molecule has 0 bridgehead atoms. The normalized spacial score (nSPS) is 10.7. The molecule has 2 heterocycles. The van der Waals surface area contributed by atoms with Crippen LogP contribution in [0, 0.1) is 61.2 Å². The predicted molar refractivity (Wildman–Crippen MR) is 137 cm³/mol. The first-order valence-electron chi connectivity index (χ1n) is 11.3. The summed E-state index contributed by atoms with van der Waals surface area (Å²) in [5, 5.41) is 10.5. The molecule has 6 heteroatoms. The van der Waals surface area contributed by atoms with E-state index in [0.29, 0.717) is 0 Å². The van der Waals surface area contributed by atoms with Crippen molar-refractivity contribution in [1.29, 1.82) is 0 Å². The average Bonchev–Trinajstić information content (AvgIpc) is 3.33. The van der Waals surface area contributed by atoms with Crippen molar-refractivity contribution < 1.29 is 8.78 Å². The molecule has 0 saturated carbocycles. The second-order valence-corrected chi connectivity index (χ2v) is 8.42. The third kappa shape index (κ3) is 9.69. The van der Waals surface area contributed by atoms with Crippen molar-refractivity contribution in [3.05, 3.63) is 105 Å². The molecular weight excluding hydrogens is 430 g/mol. The van der Waals surface area contributed by atoms with Gasteiger partial charge in [-0.2, -0.15) is 10.2 Å². The molecule has 2 aromatic carbocycles. The summed E-state index contributed by atoms with van der Waals surface area (Å²) in [7, 11) is 0. The molecule has 4 nitrogen and oxygen atoms in total. The zero-order valence-corrected chi connectivity index (χ0v) is 21.9. The summed E-state index contributed by atoms with van der Waals surface area (Å²) in [4.78, 5) is 0.